The highest BCUT2D eigenvalue weighted by Crippen LogP contribution is 2.51. The number of rotatable bonds is 5. The van der Waals surface area contributed by atoms with Gasteiger partial charge in [0.05, 0.1) is 11.5 Å². The zero-order valence-electron chi connectivity index (χ0n) is 15.4. The second kappa shape index (κ2) is 7.02. The molecule has 2 aliphatic rings. The van der Waals surface area contributed by atoms with E-state index in [4.69, 9.17) is 26.8 Å². The van der Waals surface area contributed by atoms with Gasteiger partial charge in [-0.2, -0.15) is 0 Å². The van der Waals surface area contributed by atoms with Crippen LogP contribution in [0.4, 0.5) is 5.13 Å². The molecule has 1 aliphatic carbocycles. The summed E-state index contributed by atoms with van der Waals surface area (Å²) in [6.45, 7) is 0.214. The SMILES string of the molecule is N[C@@H](c1cnc(NC(=O)C2(c3ccc4c(c3)OCO4)CC2)s1)c1ccccc1Cl. The van der Waals surface area contributed by atoms with Crippen molar-refractivity contribution in [3.8, 4) is 11.5 Å². The first-order valence-corrected chi connectivity index (χ1v) is 10.4. The number of thiazole rings is 1. The molecule has 0 spiro atoms. The number of anilines is 1. The van der Waals surface area contributed by atoms with Crippen molar-refractivity contribution in [1.29, 1.82) is 0 Å². The molecule has 148 valence electrons. The molecular weight excluding hydrogens is 410 g/mol. The number of fused-ring (bicyclic) bond motifs is 1. The van der Waals surface area contributed by atoms with Crippen LogP contribution in [0.5, 0.6) is 11.5 Å². The molecule has 1 saturated carbocycles. The first kappa shape index (κ1) is 18.4. The minimum Gasteiger partial charge on any atom is -0.454 e. The van der Waals surface area contributed by atoms with Crippen LogP contribution in [0, 0.1) is 0 Å². The Morgan fingerprint density at radius 1 is 1.21 bits per heavy atom. The molecule has 0 unspecified atom stereocenters. The van der Waals surface area contributed by atoms with E-state index in [1.165, 1.54) is 11.3 Å². The van der Waals surface area contributed by atoms with Crippen LogP contribution in [0.2, 0.25) is 5.02 Å². The summed E-state index contributed by atoms with van der Waals surface area (Å²) in [5, 5.41) is 4.10. The summed E-state index contributed by atoms with van der Waals surface area (Å²) in [4.78, 5) is 18.2. The second-order valence-electron chi connectivity index (χ2n) is 7.17. The highest BCUT2D eigenvalue weighted by molar-refractivity contribution is 7.15. The highest BCUT2D eigenvalue weighted by Gasteiger charge is 2.52. The first-order chi connectivity index (χ1) is 14.1. The molecule has 1 atom stereocenters. The van der Waals surface area contributed by atoms with Crippen molar-refractivity contribution in [3.63, 3.8) is 0 Å². The van der Waals surface area contributed by atoms with Gasteiger partial charge in [0.15, 0.2) is 16.6 Å². The Balaban J connectivity index is 1.33. The standard InChI is InChI=1S/C21H18ClN3O3S/c22-14-4-2-1-3-13(14)18(23)17-10-24-20(29-17)25-19(26)21(7-8-21)12-5-6-15-16(9-12)28-11-27-15/h1-6,9-10,18H,7-8,11,23H2,(H,24,25,26)/t18-/m1/s1. The topological polar surface area (TPSA) is 86.5 Å². The summed E-state index contributed by atoms with van der Waals surface area (Å²) < 4.78 is 10.8. The van der Waals surface area contributed by atoms with Gasteiger partial charge in [-0.15, -0.1) is 0 Å². The average Bonchev–Trinajstić information content (AvgIpc) is 3.18. The number of hydrogen-bond donors (Lipinski definition) is 2. The van der Waals surface area contributed by atoms with Crippen molar-refractivity contribution in [2.45, 2.75) is 24.3 Å². The summed E-state index contributed by atoms with van der Waals surface area (Å²) in [5.74, 6) is 1.33. The van der Waals surface area contributed by atoms with Crippen molar-refractivity contribution in [2.24, 2.45) is 5.73 Å². The zero-order chi connectivity index (χ0) is 20.0. The third-order valence-electron chi connectivity index (χ3n) is 5.40. The summed E-state index contributed by atoms with van der Waals surface area (Å²) in [6.07, 6.45) is 3.26. The van der Waals surface area contributed by atoms with Crippen LogP contribution in [0.15, 0.2) is 48.7 Å². The number of hydrogen-bond acceptors (Lipinski definition) is 6. The van der Waals surface area contributed by atoms with E-state index in [1.54, 1.807) is 6.20 Å². The smallest absolute Gasteiger partial charge is 0.236 e. The number of halogens is 1. The predicted molar refractivity (Wildman–Crippen MR) is 112 cm³/mol. The quantitative estimate of drug-likeness (QED) is 0.635. The van der Waals surface area contributed by atoms with Gasteiger partial charge in [0, 0.05) is 16.1 Å². The van der Waals surface area contributed by atoms with Gasteiger partial charge in [0.25, 0.3) is 0 Å². The maximum absolute atomic E-state index is 13.0. The molecule has 0 bridgehead atoms. The van der Waals surface area contributed by atoms with Crippen LogP contribution in [0.1, 0.15) is 34.9 Å². The number of carbonyl (C=O) groups excluding carboxylic acids is 1. The fraction of sp³-hybridized carbons (Fsp3) is 0.238. The van der Waals surface area contributed by atoms with Crippen LogP contribution in [0.25, 0.3) is 0 Å². The van der Waals surface area contributed by atoms with Gasteiger partial charge >= 0.3 is 0 Å². The van der Waals surface area contributed by atoms with E-state index < -0.39 is 11.5 Å². The van der Waals surface area contributed by atoms with E-state index in [9.17, 15) is 4.79 Å². The number of aromatic nitrogens is 1. The second-order valence-corrected chi connectivity index (χ2v) is 8.64. The molecule has 2 heterocycles. The highest BCUT2D eigenvalue weighted by atomic mass is 35.5. The van der Waals surface area contributed by atoms with Crippen LogP contribution in [0.3, 0.4) is 0 Å². The Hall–Kier alpha value is -2.61. The molecule has 3 N–H and O–H groups in total. The Labute approximate surface area is 176 Å². The van der Waals surface area contributed by atoms with Gasteiger partial charge in [0.1, 0.15) is 0 Å². The maximum Gasteiger partial charge on any atom is 0.236 e. The lowest BCUT2D eigenvalue weighted by atomic mass is 9.94. The van der Waals surface area contributed by atoms with Gasteiger partial charge in [-0.05, 0) is 42.2 Å². The number of ether oxygens (including phenoxy) is 2. The van der Waals surface area contributed by atoms with E-state index in [0.717, 1.165) is 28.8 Å². The van der Waals surface area contributed by atoms with Crippen LogP contribution in [-0.2, 0) is 10.2 Å². The van der Waals surface area contributed by atoms with Crippen molar-refractivity contribution in [3.05, 3.63) is 69.7 Å². The van der Waals surface area contributed by atoms with Crippen molar-refractivity contribution in [1.82, 2.24) is 4.98 Å². The molecule has 6 nitrogen and oxygen atoms in total. The summed E-state index contributed by atoms with van der Waals surface area (Å²) >= 11 is 7.61. The monoisotopic (exact) mass is 427 g/mol. The number of nitrogens with one attached hydrogen (secondary N) is 1. The Morgan fingerprint density at radius 2 is 2.00 bits per heavy atom. The van der Waals surface area contributed by atoms with Crippen molar-refractivity contribution >= 4 is 34.0 Å². The fourth-order valence-electron chi connectivity index (χ4n) is 3.55. The Kier molecular flexibility index (Phi) is 4.46. The number of nitrogens with zero attached hydrogens (tertiary/aromatic N) is 1. The molecule has 1 aliphatic heterocycles. The largest absolute Gasteiger partial charge is 0.454 e. The molecule has 1 fully saturated rings. The number of nitrogens with two attached hydrogens (primary N) is 1. The van der Waals surface area contributed by atoms with E-state index in [-0.39, 0.29) is 12.7 Å². The maximum atomic E-state index is 13.0. The zero-order valence-corrected chi connectivity index (χ0v) is 16.9. The number of amides is 1. The van der Waals surface area contributed by atoms with Crippen LogP contribution < -0.4 is 20.5 Å². The average molecular weight is 428 g/mol. The van der Waals surface area contributed by atoms with Crippen LogP contribution >= 0.6 is 22.9 Å². The summed E-state index contributed by atoms with van der Waals surface area (Å²) in [7, 11) is 0. The number of benzene rings is 2. The minimum absolute atomic E-state index is 0.0661. The lowest BCUT2D eigenvalue weighted by Crippen LogP contribution is -2.27. The molecule has 0 saturated heterocycles. The molecule has 3 aromatic rings. The lowest BCUT2D eigenvalue weighted by molar-refractivity contribution is -0.118. The third-order valence-corrected chi connectivity index (χ3v) is 6.74. The number of carbonyl (C=O) groups is 1. The van der Waals surface area contributed by atoms with Gasteiger partial charge in [-0.3, -0.25) is 4.79 Å². The van der Waals surface area contributed by atoms with E-state index in [0.29, 0.717) is 21.7 Å². The fourth-order valence-corrected chi connectivity index (χ4v) is 4.64. The van der Waals surface area contributed by atoms with E-state index in [2.05, 4.69) is 10.3 Å². The van der Waals surface area contributed by atoms with Gasteiger partial charge < -0.3 is 20.5 Å². The Bertz CT molecular complexity index is 1100. The molecule has 1 aromatic heterocycles. The van der Waals surface area contributed by atoms with E-state index >= 15 is 0 Å². The van der Waals surface area contributed by atoms with Gasteiger partial charge in [-0.1, -0.05) is 47.2 Å². The predicted octanol–water partition coefficient (Wildman–Crippen LogP) is 4.24. The van der Waals surface area contributed by atoms with Crippen molar-refractivity contribution in [2.75, 3.05) is 12.1 Å². The van der Waals surface area contributed by atoms with Crippen molar-refractivity contribution < 1.29 is 14.3 Å². The molecular formula is C21H18ClN3O3S. The molecule has 2 aromatic carbocycles. The molecule has 5 rings (SSSR count). The lowest BCUT2D eigenvalue weighted by Gasteiger charge is -2.15. The molecule has 29 heavy (non-hydrogen) atoms. The van der Waals surface area contributed by atoms with Gasteiger partial charge in [0.2, 0.25) is 12.7 Å². The summed E-state index contributed by atoms with van der Waals surface area (Å²) in [6, 6.07) is 12.8. The molecule has 8 heteroatoms. The molecule has 1 amide bonds. The van der Waals surface area contributed by atoms with Crippen LogP contribution in [-0.4, -0.2) is 17.7 Å². The van der Waals surface area contributed by atoms with E-state index in [1.807, 2.05) is 42.5 Å². The van der Waals surface area contributed by atoms with Gasteiger partial charge in [-0.25, -0.2) is 4.98 Å². The molecule has 0 radical (unpaired) electrons. The Morgan fingerprint density at radius 3 is 2.79 bits per heavy atom. The summed E-state index contributed by atoms with van der Waals surface area (Å²) in [5.41, 5.74) is 7.57. The normalized spacial score (nSPS) is 17.0. The third kappa shape index (κ3) is 3.25. The minimum atomic E-state index is -0.544. The first-order valence-electron chi connectivity index (χ1n) is 9.24.